The molecule has 0 radical (unpaired) electrons. The molecule has 1 aliphatic rings. The summed E-state index contributed by atoms with van der Waals surface area (Å²) in [5.41, 5.74) is 1.14. The number of allylic oxidation sites excluding steroid dienone is 1. The van der Waals surface area contributed by atoms with Gasteiger partial charge in [0.2, 0.25) is 0 Å². The number of esters is 1. The summed E-state index contributed by atoms with van der Waals surface area (Å²) in [5, 5.41) is 0. The number of carbonyl (C=O) groups is 1. The van der Waals surface area contributed by atoms with Crippen LogP contribution in [0.4, 0.5) is 0 Å². The highest BCUT2D eigenvalue weighted by atomic mass is 16.5. The lowest BCUT2D eigenvalue weighted by molar-refractivity contribution is -0.141. The summed E-state index contributed by atoms with van der Waals surface area (Å²) >= 11 is 0. The zero-order valence-electron chi connectivity index (χ0n) is 10.5. The second kappa shape index (κ2) is 6.04. The standard InChI is InChI=1S/C13H22O3/c1-9(2)10(3)12(7-13(14)15-4)11-5-6-16-8-11/h9,11-12H,3,5-8H2,1-2,4H3. The number of methoxy groups -OCH3 is 1. The molecule has 3 nitrogen and oxygen atoms in total. The molecular formula is C13H22O3. The molecule has 1 rings (SSSR count). The van der Waals surface area contributed by atoms with Crippen LogP contribution >= 0.6 is 0 Å². The van der Waals surface area contributed by atoms with Gasteiger partial charge in [0.05, 0.1) is 20.1 Å². The lowest BCUT2D eigenvalue weighted by Gasteiger charge is -2.26. The Hall–Kier alpha value is -0.830. The third-order valence-corrected chi connectivity index (χ3v) is 3.37. The summed E-state index contributed by atoms with van der Waals surface area (Å²) in [6.07, 6.45) is 1.45. The van der Waals surface area contributed by atoms with E-state index in [4.69, 9.17) is 9.47 Å². The van der Waals surface area contributed by atoms with E-state index in [0.717, 1.165) is 25.2 Å². The van der Waals surface area contributed by atoms with E-state index < -0.39 is 0 Å². The van der Waals surface area contributed by atoms with Gasteiger partial charge >= 0.3 is 5.97 Å². The number of hydrogen-bond acceptors (Lipinski definition) is 3. The highest BCUT2D eigenvalue weighted by Crippen LogP contribution is 2.33. The summed E-state index contributed by atoms with van der Waals surface area (Å²) in [7, 11) is 1.43. The van der Waals surface area contributed by atoms with Gasteiger partial charge in [-0.05, 0) is 24.2 Å². The number of rotatable bonds is 5. The van der Waals surface area contributed by atoms with Crippen LogP contribution in [-0.4, -0.2) is 26.3 Å². The Morgan fingerprint density at radius 1 is 1.56 bits per heavy atom. The average Bonchev–Trinajstić information content (AvgIpc) is 2.77. The Morgan fingerprint density at radius 3 is 2.69 bits per heavy atom. The molecule has 0 aromatic rings. The van der Waals surface area contributed by atoms with Crippen molar-refractivity contribution in [3.05, 3.63) is 12.2 Å². The van der Waals surface area contributed by atoms with E-state index in [2.05, 4.69) is 20.4 Å². The topological polar surface area (TPSA) is 35.5 Å². The van der Waals surface area contributed by atoms with Crippen molar-refractivity contribution in [2.75, 3.05) is 20.3 Å². The average molecular weight is 226 g/mol. The Labute approximate surface area is 97.8 Å². The predicted molar refractivity (Wildman–Crippen MR) is 63.0 cm³/mol. The van der Waals surface area contributed by atoms with Crippen LogP contribution in [0.1, 0.15) is 26.7 Å². The Kier molecular flexibility index (Phi) is 5.00. The fourth-order valence-electron chi connectivity index (χ4n) is 2.16. The fraction of sp³-hybridized carbons (Fsp3) is 0.769. The Balaban J connectivity index is 2.67. The lowest BCUT2D eigenvalue weighted by Crippen LogP contribution is -2.23. The second-order valence-corrected chi connectivity index (χ2v) is 4.74. The minimum absolute atomic E-state index is 0.154. The molecule has 0 aliphatic carbocycles. The molecule has 1 fully saturated rings. The van der Waals surface area contributed by atoms with Crippen molar-refractivity contribution in [3.8, 4) is 0 Å². The van der Waals surface area contributed by atoms with Crippen LogP contribution in [0.5, 0.6) is 0 Å². The maximum Gasteiger partial charge on any atom is 0.306 e. The third kappa shape index (κ3) is 3.34. The van der Waals surface area contributed by atoms with Crippen molar-refractivity contribution in [2.24, 2.45) is 17.8 Å². The molecule has 0 aromatic carbocycles. The van der Waals surface area contributed by atoms with Gasteiger partial charge in [-0.3, -0.25) is 4.79 Å². The SMILES string of the molecule is C=C(C(C)C)C(CC(=O)OC)C1CCOC1. The van der Waals surface area contributed by atoms with E-state index in [1.54, 1.807) is 0 Å². The summed E-state index contributed by atoms with van der Waals surface area (Å²) in [5.74, 6) is 0.873. The quantitative estimate of drug-likeness (QED) is 0.533. The maximum atomic E-state index is 11.4. The van der Waals surface area contributed by atoms with Crippen molar-refractivity contribution in [2.45, 2.75) is 26.7 Å². The minimum Gasteiger partial charge on any atom is -0.469 e. The molecule has 1 heterocycles. The molecule has 0 saturated carbocycles. The molecule has 2 atom stereocenters. The van der Waals surface area contributed by atoms with E-state index in [-0.39, 0.29) is 11.9 Å². The largest absolute Gasteiger partial charge is 0.469 e. The molecule has 1 saturated heterocycles. The molecule has 0 amide bonds. The van der Waals surface area contributed by atoms with Gasteiger partial charge in [-0.25, -0.2) is 0 Å². The smallest absolute Gasteiger partial charge is 0.306 e. The van der Waals surface area contributed by atoms with Crippen molar-refractivity contribution in [1.82, 2.24) is 0 Å². The molecule has 0 bridgehead atoms. The van der Waals surface area contributed by atoms with E-state index >= 15 is 0 Å². The van der Waals surface area contributed by atoms with Gasteiger partial charge in [-0.15, -0.1) is 0 Å². The van der Waals surface area contributed by atoms with Crippen LogP contribution < -0.4 is 0 Å². The first-order valence-electron chi connectivity index (χ1n) is 5.89. The molecule has 92 valence electrons. The highest BCUT2D eigenvalue weighted by Gasteiger charge is 2.30. The third-order valence-electron chi connectivity index (χ3n) is 3.37. The molecular weight excluding hydrogens is 204 g/mol. The first kappa shape index (κ1) is 13.2. The van der Waals surface area contributed by atoms with Crippen molar-refractivity contribution in [1.29, 1.82) is 0 Å². The molecule has 3 heteroatoms. The summed E-state index contributed by atoms with van der Waals surface area (Å²) in [6, 6.07) is 0. The van der Waals surface area contributed by atoms with Crippen LogP contribution in [0.3, 0.4) is 0 Å². The molecule has 0 spiro atoms. The number of carbonyl (C=O) groups excluding carboxylic acids is 1. The van der Waals surface area contributed by atoms with Crippen LogP contribution in [0.2, 0.25) is 0 Å². The lowest BCUT2D eigenvalue weighted by atomic mass is 9.79. The zero-order chi connectivity index (χ0) is 12.1. The van der Waals surface area contributed by atoms with E-state index in [1.807, 2.05) is 0 Å². The van der Waals surface area contributed by atoms with Gasteiger partial charge < -0.3 is 9.47 Å². The van der Waals surface area contributed by atoms with Crippen molar-refractivity contribution in [3.63, 3.8) is 0 Å². The van der Waals surface area contributed by atoms with Crippen LogP contribution in [0.25, 0.3) is 0 Å². The fourth-order valence-corrected chi connectivity index (χ4v) is 2.16. The van der Waals surface area contributed by atoms with Crippen LogP contribution in [0.15, 0.2) is 12.2 Å². The van der Waals surface area contributed by atoms with E-state index in [9.17, 15) is 4.79 Å². The normalized spacial score (nSPS) is 22.1. The van der Waals surface area contributed by atoms with Gasteiger partial charge in [-0.2, -0.15) is 0 Å². The van der Waals surface area contributed by atoms with Crippen molar-refractivity contribution >= 4 is 5.97 Å². The monoisotopic (exact) mass is 226 g/mol. The predicted octanol–water partition coefficient (Wildman–Crippen LogP) is 2.41. The first-order chi connectivity index (χ1) is 7.56. The summed E-state index contributed by atoms with van der Waals surface area (Å²) in [4.78, 5) is 11.4. The van der Waals surface area contributed by atoms with E-state index in [1.165, 1.54) is 7.11 Å². The van der Waals surface area contributed by atoms with Gasteiger partial charge in [-0.1, -0.05) is 26.0 Å². The molecule has 0 N–H and O–H groups in total. The molecule has 16 heavy (non-hydrogen) atoms. The van der Waals surface area contributed by atoms with Gasteiger partial charge in [0.15, 0.2) is 0 Å². The first-order valence-corrected chi connectivity index (χ1v) is 5.89. The minimum atomic E-state index is -0.154. The number of hydrogen-bond donors (Lipinski definition) is 0. The Bertz CT molecular complexity index is 252. The highest BCUT2D eigenvalue weighted by molar-refractivity contribution is 5.70. The molecule has 0 aromatic heterocycles. The summed E-state index contributed by atoms with van der Waals surface area (Å²) < 4.78 is 10.1. The zero-order valence-corrected chi connectivity index (χ0v) is 10.5. The molecule has 1 aliphatic heterocycles. The van der Waals surface area contributed by atoms with E-state index in [0.29, 0.717) is 18.3 Å². The summed E-state index contributed by atoms with van der Waals surface area (Å²) in [6.45, 7) is 9.89. The molecule has 2 unspecified atom stereocenters. The van der Waals surface area contributed by atoms with Gasteiger partial charge in [0.1, 0.15) is 0 Å². The second-order valence-electron chi connectivity index (χ2n) is 4.74. The van der Waals surface area contributed by atoms with Gasteiger partial charge in [0, 0.05) is 6.61 Å². The number of ether oxygens (including phenoxy) is 2. The Morgan fingerprint density at radius 2 is 2.25 bits per heavy atom. The maximum absolute atomic E-state index is 11.4. The van der Waals surface area contributed by atoms with Crippen molar-refractivity contribution < 1.29 is 14.3 Å². The van der Waals surface area contributed by atoms with Crippen LogP contribution in [0, 0.1) is 17.8 Å². The van der Waals surface area contributed by atoms with Crippen LogP contribution in [-0.2, 0) is 14.3 Å². The van der Waals surface area contributed by atoms with Gasteiger partial charge in [0.25, 0.3) is 0 Å².